The fourth-order valence-corrected chi connectivity index (χ4v) is 1.69. The molecule has 2 aromatic heterocycles. The summed E-state index contributed by atoms with van der Waals surface area (Å²) in [7, 11) is 0. The van der Waals surface area contributed by atoms with Crippen molar-refractivity contribution in [1.29, 1.82) is 0 Å². The molecule has 0 atom stereocenters. The van der Waals surface area contributed by atoms with Crippen LogP contribution in [0.5, 0.6) is 0 Å². The van der Waals surface area contributed by atoms with Crippen LogP contribution in [0.3, 0.4) is 0 Å². The van der Waals surface area contributed by atoms with Gasteiger partial charge in [0.1, 0.15) is 17.1 Å². The number of carbonyl (C=O) groups excluding carboxylic acids is 1. The van der Waals surface area contributed by atoms with Gasteiger partial charge in [-0.3, -0.25) is 4.79 Å². The molecule has 100 valence electrons. The molecular weight excluding hydrogens is 266 g/mol. The standard InChI is InChI=1S/C13H14ClN3O2/c1-13(2,3)10-4-8(5-11(14)17-10)12(18)16-9-6-15-19-7-9/h4-7H,1-3H3,(H,16,18). The van der Waals surface area contributed by atoms with E-state index in [1.807, 2.05) is 20.8 Å². The Hall–Kier alpha value is -1.88. The first-order valence-corrected chi connectivity index (χ1v) is 6.13. The number of pyridine rings is 1. The Bertz CT molecular complexity index is 588. The maximum Gasteiger partial charge on any atom is 0.255 e. The fraction of sp³-hybridized carbons (Fsp3) is 0.308. The average Bonchev–Trinajstić information content (AvgIpc) is 2.79. The van der Waals surface area contributed by atoms with Crippen LogP contribution in [0.25, 0.3) is 0 Å². The van der Waals surface area contributed by atoms with E-state index in [0.717, 1.165) is 5.69 Å². The summed E-state index contributed by atoms with van der Waals surface area (Å²) in [6.45, 7) is 6.02. The highest BCUT2D eigenvalue weighted by atomic mass is 35.5. The van der Waals surface area contributed by atoms with Gasteiger partial charge >= 0.3 is 0 Å². The third kappa shape index (κ3) is 3.32. The number of nitrogens with one attached hydrogen (secondary N) is 1. The van der Waals surface area contributed by atoms with Crippen LogP contribution in [0, 0.1) is 0 Å². The van der Waals surface area contributed by atoms with E-state index in [2.05, 4.69) is 20.0 Å². The molecule has 0 unspecified atom stereocenters. The Balaban J connectivity index is 2.29. The predicted octanol–water partition coefficient (Wildman–Crippen LogP) is 3.27. The van der Waals surface area contributed by atoms with E-state index in [-0.39, 0.29) is 11.3 Å². The van der Waals surface area contributed by atoms with Crippen LogP contribution >= 0.6 is 11.6 Å². The summed E-state index contributed by atoms with van der Waals surface area (Å²) in [5.41, 5.74) is 1.52. The lowest BCUT2D eigenvalue weighted by atomic mass is 9.91. The first-order chi connectivity index (χ1) is 8.86. The van der Waals surface area contributed by atoms with Crippen molar-refractivity contribution in [1.82, 2.24) is 10.1 Å². The number of amides is 1. The van der Waals surface area contributed by atoms with Crippen molar-refractivity contribution in [2.24, 2.45) is 0 Å². The van der Waals surface area contributed by atoms with Crippen LogP contribution in [0.4, 0.5) is 5.69 Å². The van der Waals surface area contributed by atoms with Gasteiger partial charge in [-0.25, -0.2) is 4.98 Å². The average molecular weight is 280 g/mol. The molecule has 0 fully saturated rings. The Labute approximate surface area is 116 Å². The number of anilines is 1. The fourth-order valence-electron chi connectivity index (χ4n) is 1.48. The summed E-state index contributed by atoms with van der Waals surface area (Å²) < 4.78 is 4.65. The molecule has 5 nitrogen and oxygen atoms in total. The number of hydrogen-bond acceptors (Lipinski definition) is 4. The minimum absolute atomic E-state index is 0.183. The van der Waals surface area contributed by atoms with E-state index >= 15 is 0 Å². The maximum absolute atomic E-state index is 12.1. The summed E-state index contributed by atoms with van der Waals surface area (Å²) in [5, 5.41) is 6.47. The minimum Gasteiger partial charge on any atom is -0.363 e. The molecule has 0 aliphatic rings. The number of hydrogen-bond donors (Lipinski definition) is 1. The summed E-state index contributed by atoms with van der Waals surface area (Å²) in [6, 6.07) is 3.26. The second-order valence-corrected chi connectivity index (χ2v) is 5.57. The van der Waals surface area contributed by atoms with Gasteiger partial charge in [0.05, 0.1) is 6.20 Å². The van der Waals surface area contributed by atoms with Crippen molar-refractivity contribution < 1.29 is 9.32 Å². The van der Waals surface area contributed by atoms with E-state index in [4.69, 9.17) is 11.6 Å². The molecule has 0 radical (unpaired) electrons. The predicted molar refractivity (Wildman–Crippen MR) is 72.4 cm³/mol. The highest BCUT2D eigenvalue weighted by molar-refractivity contribution is 6.29. The molecule has 0 aliphatic heterocycles. The zero-order valence-corrected chi connectivity index (χ0v) is 11.7. The number of aromatic nitrogens is 2. The first kappa shape index (κ1) is 13.5. The zero-order valence-electron chi connectivity index (χ0n) is 10.9. The van der Waals surface area contributed by atoms with Gasteiger partial charge in [0.25, 0.3) is 5.91 Å². The zero-order chi connectivity index (χ0) is 14.0. The van der Waals surface area contributed by atoms with Crippen LogP contribution in [-0.4, -0.2) is 16.0 Å². The van der Waals surface area contributed by atoms with Crippen LogP contribution in [0.15, 0.2) is 29.1 Å². The van der Waals surface area contributed by atoms with Gasteiger partial charge in [-0.05, 0) is 12.1 Å². The summed E-state index contributed by atoms with van der Waals surface area (Å²) in [5.74, 6) is -0.280. The molecule has 19 heavy (non-hydrogen) atoms. The van der Waals surface area contributed by atoms with Crippen molar-refractivity contribution in [3.63, 3.8) is 0 Å². The quantitative estimate of drug-likeness (QED) is 0.857. The highest BCUT2D eigenvalue weighted by Gasteiger charge is 2.19. The van der Waals surface area contributed by atoms with Gasteiger partial charge in [0.15, 0.2) is 0 Å². The van der Waals surface area contributed by atoms with Gasteiger partial charge in [0.2, 0.25) is 0 Å². The van der Waals surface area contributed by atoms with Crippen molar-refractivity contribution in [3.8, 4) is 0 Å². The molecule has 2 rings (SSSR count). The normalized spacial score (nSPS) is 11.4. The second-order valence-electron chi connectivity index (χ2n) is 5.18. The second kappa shape index (κ2) is 5.01. The van der Waals surface area contributed by atoms with E-state index in [9.17, 15) is 4.79 Å². The topological polar surface area (TPSA) is 68.0 Å². The van der Waals surface area contributed by atoms with Crippen molar-refractivity contribution in [3.05, 3.63) is 41.0 Å². The van der Waals surface area contributed by atoms with Crippen LogP contribution in [0.2, 0.25) is 5.15 Å². The Morgan fingerprint density at radius 2 is 2.11 bits per heavy atom. The minimum atomic E-state index is -0.280. The van der Waals surface area contributed by atoms with Crippen LogP contribution in [0.1, 0.15) is 36.8 Å². The summed E-state index contributed by atoms with van der Waals surface area (Å²) >= 11 is 5.96. The van der Waals surface area contributed by atoms with E-state index in [1.54, 1.807) is 6.07 Å². The Kier molecular flexibility index (Phi) is 3.57. The molecular formula is C13H14ClN3O2. The third-order valence-corrected chi connectivity index (χ3v) is 2.71. The van der Waals surface area contributed by atoms with Gasteiger partial charge in [-0.15, -0.1) is 0 Å². The van der Waals surface area contributed by atoms with E-state index in [1.165, 1.54) is 18.5 Å². The smallest absolute Gasteiger partial charge is 0.255 e. The SMILES string of the molecule is CC(C)(C)c1cc(C(=O)Nc2cnoc2)cc(Cl)n1. The largest absolute Gasteiger partial charge is 0.363 e. The van der Waals surface area contributed by atoms with Gasteiger partial charge < -0.3 is 9.84 Å². The Morgan fingerprint density at radius 3 is 2.68 bits per heavy atom. The molecule has 1 N–H and O–H groups in total. The first-order valence-electron chi connectivity index (χ1n) is 5.75. The lowest BCUT2D eigenvalue weighted by Gasteiger charge is -2.18. The van der Waals surface area contributed by atoms with Crippen molar-refractivity contribution in [2.75, 3.05) is 5.32 Å². The molecule has 0 aliphatic carbocycles. The van der Waals surface area contributed by atoms with Gasteiger partial charge in [-0.1, -0.05) is 37.5 Å². The molecule has 0 spiro atoms. The van der Waals surface area contributed by atoms with Gasteiger partial charge in [0, 0.05) is 16.7 Å². The maximum atomic E-state index is 12.1. The number of carbonyl (C=O) groups is 1. The Morgan fingerprint density at radius 1 is 1.37 bits per heavy atom. The highest BCUT2D eigenvalue weighted by Crippen LogP contribution is 2.23. The van der Waals surface area contributed by atoms with Crippen molar-refractivity contribution in [2.45, 2.75) is 26.2 Å². The third-order valence-electron chi connectivity index (χ3n) is 2.51. The molecule has 2 aromatic rings. The molecule has 0 saturated heterocycles. The van der Waals surface area contributed by atoms with E-state index < -0.39 is 0 Å². The lowest BCUT2D eigenvalue weighted by Crippen LogP contribution is -2.17. The number of rotatable bonds is 2. The monoisotopic (exact) mass is 279 g/mol. The summed E-state index contributed by atoms with van der Waals surface area (Å²) in [4.78, 5) is 16.3. The molecule has 0 saturated carbocycles. The number of halogens is 1. The lowest BCUT2D eigenvalue weighted by molar-refractivity contribution is 0.102. The summed E-state index contributed by atoms with van der Waals surface area (Å²) in [6.07, 6.45) is 2.77. The van der Waals surface area contributed by atoms with Crippen LogP contribution in [-0.2, 0) is 5.41 Å². The van der Waals surface area contributed by atoms with Crippen molar-refractivity contribution >= 4 is 23.2 Å². The van der Waals surface area contributed by atoms with Gasteiger partial charge in [-0.2, -0.15) is 0 Å². The van der Waals surface area contributed by atoms with E-state index in [0.29, 0.717) is 16.4 Å². The molecule has 0 bridgehead atoms. The molecule has 0 aromatic carbocycles. The molecule has 1 amide bonds. The molecule has 2 heterocycles. The number of nitrogens with zero attached hydrogens (tertiary/aromatic N) is 2. The molecule has 6 heteroatoms. The van der Waals surface area contributed by atoms with Crippen LogP contribution < -0.4 is 5.32 Å².